The number of benzene rings is 2. The summed E-state index contributed by atoms with van der Waals surface area (Å²) in [5, 5.41) is 0. The summed E-state index contributed by atoms with van der Waals surface area (Å²) in [6.45, 7) is 17.6. The van der Waals surface area contributed by atoms with Gasteiger partial charge in [0.15, 0.2) is 0 Å². The minimum absolute atomic E-state index is 0.0250. The second kappa shape index (κ2) is 7.37. The van der Waals surface area contributed by atoms with E-state index in [-0.39, 0.29) is 23.8 Å². The minimum Gasteiger partial charge on any atom is -0.425 e. The first-order valence-corrected chi connectivity index (χ1v) is 9.35. The fourth-order valence-electron chi connectivity index (χ4n) is 2.94. The Morgan fingerprint density at radius 2 is 0.960 bits per heavy atom. The highest BCUT2D eigenvalue weighted by molar-refractivity contribution is 6.80. The highest BCUT2D eigenvalue weighted by Crippen LogP contribution is 2.22. The zero-order valence-electron chi connectivity index (χ0n) is 17.2. The molecule has 1 nitrogen and oxygen atoms in total. The molecule has 0 aliphatic carbocycles. The Kier molecular flexibility index (Phi) is 5.84. The molecule has 0 atom stereocenters. The summed E-state index contributed by atoms with van der Waals surface area (Å²) in [6.07, 6.45) is 0.176. The standard InChI is InChI=1S/C23H33BO/c1-17(2)25-24(20-13-9-18(10-14-20)22(3,4)5)21-15-11-19(12-16-21)23(6,7)8/h9-17H,1-8H3. The predicted octanol–water partition coefficient (Wildman–Crippen LogP) is 4.81. The average molecular weight is 336 g/mol. The Morgan fingerprint density at radius 1 is 0.640 bits per heavy atom. The Hall–Kier alpha value is -1.54. The van der Waals surface area contributed by atoms with Crippen molar-refractivity contribution in [2.24, 2.45) is 0 Å². The molecule has 134 valence electrons. The first kappa shape index (κ1) is 19.8. The van der Waals surface area contributed by atoms with Gasteiger partial charge in [-0.2, -0.15) is 0 Å². The van der Waals surface area contributed by atoms with E-state index in [0.717, 1.165) is 0 Å². The van der Waals surface area contributed by atoms with Gasteiger partial charge in [-0.1, -0.05) is 90.1 Å². The summed E-state index contributed by atoms with van der Waals surface area (Å²) in [6, 6.07) is 17.8. The lowest BCUT2D eigenvalue weighted by Crippen LogP contribution is -2.46. The van der Waals surface area contributed by atoms with Gasteiger partial charge < -0.3 is 4.65 Å². The van der Waals surface area contributed by atoms with E-state index in [1.165, 1.54) is 22.1 Å². The van der Waals surface area contributed by atoms with Gasteiger partial charge in [0.2, 0.25) is 0 Å². The topological polar surface area (TPSA) is 9.23 Å². The molecule has 25 heavy (non-hydrogen) atoms. The second-order valence-corrected chi connectivity index (χ2v) is 9.31. The van der Waals surface area contributed by atoms with Gasteiger partial charge in [-0.05, 0) is 46.7 Å². The van der Waals surface area contributed by atoms with Gasteiger partial charge in [0, 0.05) is 6.10 Å². The van der Waals surface area contributed by atoms with Gasteiger partial charge in [0.05, 0.1) is 0 Å². The van der Waals surface area contributed by atoms with E-state index < -0.39 is 0 Å². The maximum Gasteiger partial charge on any atom is 0.361 e. The van der Waals surface area contributed by atoms with Crippen LogP contribution in [0.25, 0.3) is 0 Å². The molecule has 0 fully saturated rings. The molecular weight excluding hydrogens is 303 g/mol. The smallest absolute Gasteiger partial charge is 0.361 e. The Bertz CT molecular complexity index is 613. The summed E-state index contributed by atoms with van der Waals surface area (Å²) in [7, 11) is 0. The first-order valence-electron chi connectivity index (χ1n) is 9.35. The fourth-order valence-corrected chi connectivity index (χ4v) is 2.94. The van der Waals surface area contributed by atoms with E-state index >= 15 is 0 Å². The molecule has 0 bridgehead atoms. The molecule has 0 heterocycles. The lowest BCUT2D eigenvalue weighted by atomic mass is 9.54. The second-order valence-electron chi connectivity index (χ2n) is 9.31. The van der Waals surface area contributed by atoms with Crippen molar-refractivity contribution in [2.75, 3.05) is 0 Å². The molecule has 2 heteroatoms. The summed E-state index contributed by atoms with van der Waals surface area (Å²) >= 11 is 0. The van der Waals surface area contributed by atoms with Crippen LogP contribution in [0.1, 0.15) is 66.5 Å². The lowest BCUT2D eigenvalue weighted by Gasteiger charge is -2.23. The van der Waals surface area contributed by atoms with Crippen molar-refractivity contribution in [3.8, 4) is 0 Å². The van der Waals surface area contributed by atoms with Crippen LogP contribution >= 0.6 is 0 Å². The van der Waals surface area contributed by atoms with Crippen LogP contribution in [0.2, 0.25) is 0 Å². The lowest BCUT2D eigenvalue weighted by molar-refractivity contribution is 0.253. The van der Waals surface area contributed by atoms with E-state index in [1.807, 2.05) is 0 Å². The van der Waals surface area contributed by atoms with Crippen LogP contribution < -0.4 is 10.9 Å². The van der Waals surface area contributed by atoms with Crippen molar-refractivity contribution in [1.82, 2.24) is 0 Å². The molecule has 0 radical (unpaired) electrons. The Morgan fingerprint density at radius 3 is 1.20 bits per heavy atom. The van der Waals surface area contributed by atoms with Crippen molar-refractivity contribution in [2.45, 2.75) is 72.3 Å². The summed E-state index contributed by atoms with van der Waals surface area (Å²) < 4.78 is 6.27. The van der Waals surface area contributed by atoms with Crippen molar-refractivity contribution < 1.29 is 4.65 Å². The van der Waals surface area contributed by atoms with Crippen LogP contribution in [0.3, 0.4) is 0 Å². The molecule has 0 aromatic heterocycles. The average Bonchev–Trinajstić information content (AvgIpc) is 2.51. The predicted molar refractivity (Wildman–Crippen MR) is 112 cm³/mol. The van der Waals surface area contributed by atoms with Crippen molar-refractivity contribution in [3.05, 3.63) is 59.7 Å². The molecule has 0 spiro atoms. The largest absolute Gasteiger partial charge is 0.425 e. The quantitative estimate of drug-likeness (QED) is 0.728. The Balaban J connectivity index is 2.36. The molecule has 2 rings (SSSR count). The normalized spacial score (nSPS) is 12.5. The SMILES string of the molecule is CC(C)OB(c1ccc(C(C)(C)C)cc1)c1ccc(C(C)(C)C)cc1. The van der Waals surface area contributed by atoms with Gasteiger partial charge in [0.1, 0.15) is 0 Å². The van der Waals surface area contributed by atoms with Crippen molar-refractivity contribution >= 4 is 17.8 Å². The third-order valence-electron chi connectivity index (χ3n) is 4.57. The Labute approximate surface area is 154 Å². The minimum atomic E-state index is -0.0250. The third kappa shape index (κ3) is 5.22. The number of hydrogen-bond donors (Lipinski definition) is 0. The molecule has 0 aliphatic heterocycles. The zero-order valence-corrected chi connectivity index (χ0v) is 17.2. The molecule has 0 saturated heterocycles. The van der Waals surface area contributed by atoms with Crippen molar-refractivity contribution in [3.63, 3.8) is 0 Å². The fraction of sp³-hybridized carbons (Fsp3) is 0.478. The van der Waals surface area contributed by atoms with Gasteiger partial charge in [0.25, 0.3) is 0 Å². The van der Waals surface area contributed by atoms with Crippen LogP contribution in [0.5, 0.6) is 0 Å². The van der Waals surface area contributed by atoms with E-state index in [2.05, 4.69) is 104 Å². The van der Waals surface area contributed by atoms with Crippen LogP contribution in [-0.4, -0.2) is 13.0 Å². The van der Waals surface area contributed by atoms with Crippen molar-refractivity contribution in [1.29, 1.82) is 0 Å². The molecule has 0 amide bonds. The van der Waals surface area contributed by atoms with Gasteiger partial charge in [-0.15, -0.1) is 0 Å². The molecule has 0 saturated carbocycles. The van der Waals surface area contributed by atoms with Crippen LogP contribution in [-0.2, 0) is 15.5 Å². The first-order chi connectivity index (χ1) is 11.5. The monoisotopic (exact) mass is 336 g/mol. The van der Waals surface area contributed by atoms with E-state index in [1.54, 1.807) is 0 Å². The maximum atomic E-state index is 6.27. The summed E-state index contributed by atoms with van der Waals surface area (Å²) in [5.41, 5.74) is 5.46. The molecule has 2 aromatic carbocycles. The zero-order chi connectivity index (χ0) is 18.8. The molecule has 2 aromatic rings. The maximum absolute atomic E-state index is 6.27. The van der Waals surface area contributed by atoms with Gasteiger partial charge >= 0.3 is 6.92 Å². The van der Waals surface area contributed by atoms with E-state index in [9.17, 15) is 0 Å². The van der Waals surface area contributed by atoms with Crippen LogP contribution in [0, 0.1) is 0 Å². The van der Waals surface area contributed by atoms with Gasteiger partial charge in [-0.3, -0.25) is 0 Å². The van der Waals surface area contributed by atoms with E-state index in [4.69, 9.17) is 4.65 Å². The highest BCUT2D eigenvalue weighted by Gasteiger charge is 2.24. The molecule has 0 aliphatic rings. The molecular formula is C23H33BO. The molecule has 0 N–H and O–H groups in total. The molecule has 0 unspecified atom stereocenters. The summed E-state index contributed by atoms with van der Waals surface area (Å²) in [5.74, 6) is 0. The number of rotatable bonds is 4. The van der Waals surface area contributed by atoms with Crippen LogP contribution in [0.15, 0.2) is 48.5 Å². The number of hydrogen-bond acceptors (Lipinski definition) is 1. The van der Waals surface area contributed by atoms with Gasteiger partial charge in [-0.25, -0.2) is 0 Å². The third-order valence-corrected chi connectivity index (χ3v) is 4.57. The van der Waals surface area contributed by atoms with Crippen LogP contribution in [0.4, 0.5) is 0 Å². The van der Waals surface area contributed by atoms with E-state index in [0.29, 0.717) is 0 Å². The summed E-state index contributed by atoms with van der Waals surface area (Å²) in [4.78, 5) is 0. The highest BCUT2D eigenvalue weighted by atomic mass is 16.4.